The van der Waals surface area contributed by atoms with Crippen LogP contribution in [0.3, 0.4) is 0 Å². The van der Waals surface area contributed by atoms with Gasteiger partial charge in [0, 0.05) is 11.8 Å². The molecule has 0 bridgehead atoms. The molecule has 6 nitrogen and oxygen atoms in total. The molecule has 0 aliphatic carbocycles. The van der Waals surface area contributed by atoms with Crippen LogP contribution in [-0.4, -0.2) is 27.5 Å². The van der Waals surface area contributed by atoms with Gasteiger partial charge >= 0.3 is 5.97 Å². The maximum absolute atomic E-state index is 12.4. The third-order valence-corrected chi connectivity index (χ3v) is 4.14. The summed E-state index contributed by atoms with van der Waals surface area (Å²) in [6, 6.07) is 9.48. The summed E-state index contributed by atoms with van der Waals surface area (Å²) in [5.74, 6) is -0.194. The van der Waals surface area contributed by atoms with Gasteiger partial charge in [0.2, 0.25) is 5.95 Å². The SMILES string of the molecule is CCOC(=O)c1cc(-c2ccnc(N)n2)[nH]c1-c1cccc(C)c1C. The van der Waals surface area contributed by atoms with Crippen LogP contribution in [0.15, 0.2) is 36.5 Å². The van der Waals surface area contributed by atoms with Crippen LogP contribution in [0.5, 0.6) is 0 Å². The highest BCUT2D eigenvalue weighted by molar-refractivity contribution is 5.98. The van der Waals surface area contributed by atoms with Crippen LogP contribution >= 0.6 is 0 Å². The fraction of sp³-hybridized carbons (Fsp3) is 0.211. The quantitative estimate of drug-likeness (QED) is 0.711. The van der Waals surface area contributed by atoms with Crippen molar-refractivity contribution in [1.82, 2.24) is 15.0 Å². The number of carbonyl (C=O) groups excluding carboxylic acids is 1. The van der Waals surface area contributed by atoms with Gasteiger partial charge in [0.25, 0.3) is 0 Å². The molecule has 0 aliphatic heterocycles. The molecule has 0 atom stereocenters. The maximum Gasteiger partial charge on any atom is 0.340 e. The van der Waals surface area contributed by atoms with Crippen molar-refractivity contribution in [3.63, 3.8) is 0 Å². The molecule has 0 amide bonds. The number of nitrogens with zero attached hydrogens (tertiary/aromatic N) is 2. The minimum Gasteiger partial charge on any atom is -0.462 e. The number of ether oxygens (including phenoxy) is 1. The van der Waals surface area contributed by atoms with E-state index in [0.29, 0.717) is 29.3 Å². The number of aromatic nitrogens is 3. The molecule has 0 saturated carbocycles. The van der Waals surface area contributed by atoms with Crippen molar-refractivity contribution in [2.45, 2.75) is 20.8 Å². The second kappa shape index (κ2) is 6.76. The largest absolute Gasteiger partial charge is 0.462 e. The highest BCUT2D eigenvalue weighted by Gasteiger charge is 2.20. The Kier molecular flexibility index (Phi) is 4.52. The monoisotopic (exact) mass is 336 g/mol. The molecule has 2 aromatic heterocycles. The Morgan fingerprint density at radius 2 is 2.08 bits per heavy atom. The summed E-state index contributed by atoms with van der Waals surface area (Å²) in [4.78, 5) is 23.9. The third kappa shape index (κ3) is 3.24. The lowest BCUT2D eigenvalue weighted by molar-refractivity contribution is 0.0527. The lowest BCUT2D eigenvalue weighted by Gasteiger charge is -2.09. The molecular formula is C19H20N4O2. The number of aryl methyl sites for hydroxylation is 1. The lowest BCUT2D eigenvalue weighted by Crippen LogP contribution is -2.05. The number of hydrogen-bond donors (Lipinski definition) is 2. The fourth-order valence-corrected chi connectivity index (χ4v) is 2.72. The van der Waals surface area contributed by atoms with E-state index in [0.717, 1.165) is 16.7 Å². The van der Waals surface area contributed by atoms with E-state index in [9.17, 15) is 4.79 Å². The first-order valence-corrected chi connectivity index (χ1v) is 8.07. The van der Waals surface area contributed by atoms with Gasteiger partial charge in [0.15, 0.2) is 0 Å². The fourth-order valence-electron chi connectivity index (χ4n) is 2.72. The molecule has 1 aromatic carbocycles. The van der Waals surface area contributed by atoms with E-state index in [1.165, 1.54) is 0 Å². The van der Waals surface area contributed by atoms with Gasteiger partial charge in [-0.05, 0) is 44.0 Å². The van der Waals surface area contributed by atoms with Gasteiger partial charge < -0.3 is 15.5 Å². The second-order valence-electron chi connectivity index (χ2n) is 5.74. The predicted octanol–water partition coefficient (Wildman–Crippen LogP) is 3.51. The first kappa shape index (κ1) is 16.7. The molecule has 3 aromatic rings. The molecule has 25 heavy (non-hydrogen) atoms. The van der Waals surface area contributed by atoms with E-state index >= 15 is 0 Å². The summed E-state index contributed by atoms with van der Waals surface area (Å²) >= 11 is 0. The van der Waals surface area contributed by atoms with Crippen molar-refractivity contribution in [3.05, 3.63) is 53.2 Å². The normalized spacial score (nSPS) is 10.7. The highest BCUT2D eigenvalue weighted by Crippen LogP contribution is 2.32. The molecule has 3 N–H and O–H groups in total. The topological polar surface area (TPSA) is 93.9 Å². The molecule has 128 valence electrons. The molecular weight excluding hydrogens is 316 g/mol. The number of nitrogens with two attached hydrogens (primary N) is 1. The van der Waals surface area contributed by atoms with Crippen molar-refractivity contribution in [2.75, 3.05) is 12.3 Å². The zero-order valence-corrected chi connectivity index (χ0v) is 14.5. The van der Waals surface area contributed by atoms with E-state index in [1.54, 1.807) is 25.3 Å². The van der Waals surface area contributed by atoms with E-state index in [-0.39, 0.29) is 11.9 Å². The van der Waals surface area contributed by atoms with Crippen LogP contribution < -0.4 is 5.73 Å². The van der Waals surface area contributed by atoms with Crippen molar-refractivity contribution >= 4 is 11.9 Å². The van der Waals surface area contributed by atoms with Crippen molar-refractivity contribution in [2.24, 2.45) is 0 Å². The summed E-state index contributed by atoms with van der Waals surface area (Å²) in [6.07, 6.45) is 1.58. The number of benzene rings is 1. The molecule has 0 spiro atoms. The van der Waals surface area contributed by atoms with Gasteiger partial charge in [-0.2, -0.15) is 0 Å². The van der Waals surface area contributed by atoms with Crippen LogP contribution in [-0.2, 0) is 4.74 Å². The van der Waals surface area contributed by atoms with Gasteiger partial charge in [-0.3, -0.25) is 0 Å². The number of esters is 1. The first-order chi connectivity index (χ1) is 12.0. The summed E-state index contributed by atoms with van der Waals surface area (Å²) in [6.45, 7) is 6.17. The van der Waals surface area contributed by atoms with Gasteiger partial charge in [-0.1, -0.05) is 18.2 Å². The minimum absolute atomic E-state index is 0.179. The average Bonchev–Trinajstić information content (AvgIpc) is 3.03. The highest BCUT2D eigenvalue weighted by atomic mass is 16.5. The van der Waals surface area contributed by atoms with Crippen molar-refractivity contribution < 1.29 is 9.53 Å². The first-order valence-electron chi connectivity index (χ1n) is 8.07. The van der Waals surface area contributed by atoms with E-state index in [2.05, 4.69) is 15.0 Å². The van der Waals surface area contributed by atoms with Crippen LogP contribution in [0.2, 0.25) is 0 Å². The smallest absolute Gasteiger partial charge is 0.340 e. The Morgan fingerprint density at radius 3 is 2.80 bits per heavy atom. The second-order valence-corrected chi connectivity index (χ2v) is 5.74. The summed E-state index contributed by atoms with van der Waals surface area (Å²) < 4.78 is 5.22. The van der Waals surface area contributed by atoms with Crippen molar-refractivity contribution in [1.29, 1.82) is 0 Å². The Morgan fingerprint density at radius 1 is 1.28 bits per heavy atom. The summed E-state index contributed by atoms with van der Waals surface area (Å²) in [5.41, 5.74) is 11.4. The third-order valence-electron chi connectivity index (χ3n) is 4.14. The van der Waals surface area contributed by atoms with E-state index in [4.69, 9.17) is 10.5 Å². The van der Waals surface area contributed by atoms with Crippen LogP contribution in [0.25, 0.3) is 22.6 Å². The van der Waals surface area contributed by atoms with Crippen LogP contribution in [0, 0.1) is 13.8 Å². The summed E-state index contributed by atoms with van der Waals surface area (Å²) in [5, 5.41) is 0. The number of H-pyrrole nitrogens is 1. The molecule has 3 rings (SSSR count). The molecule has 2 heterocycles. The molecule has 6 heteroatoms. The number of hydrogen-bond acceptors (Lipinski definition) is 5. The number of anilines is 1. The Hall–Kier alpha value is -3.15. The zero-order chi connectivity index (χ0) is 18.0. The predicted molar refractivity (Wildman–Crippen MR) is 97.1 cm³/mol. The van der Waals surface area contributed by atoms with Gasteiger partial charge in [-0.25, -0.2) is 14.8 Å². The Balaban J connectivity index is 2.19. The van der Waals surface area contributed by atoms with E-state index < -0.39 is 0 Å². The number of nitrogens with one attached hydrogen (secondary N) is 1. The Labute approximate surface area is 146 Å². The minimum atomic E-state index is -0.372. The van der Waals surface area contributed by atoms with Crippen LogP contribution in [0.1, 0.15) is 28.4 Å². The molecule has 0 fully saturated rings. The number of nitrogen functional groups attached to an aromatic ring is 1. The number of rotatable bonds is 4. The van der Waals surface area contributed by atoms with Crippen LogP contribution in [0.4, 0.5) is 5.95 Å². The van der Waals surface area contributed by atoms with Crippen molar-refractivity contribution in [3.8, 4) is 22.6 Å². The standard InChI is InChI=1S/C19H20N4O2/c1-4-25-18(24)14-10-16(15-8-9-21-19(20)23-15)22-17(14)13-7-5-6-11(2)12(13)3/h5-10,22H,4H2,1-3H3,(H2,20,21,23). The van der Waals surface area contributed by atoms with Gasteiger partial charge in [0.05, 0.1) is 29.3 Å². The summed E-state index contributed by atoms with van der Waals surface area (Å²) in [7, 11) is 0. The zero-order valence-electron chi connectivity index (χ0n) is 14.5. The molecule has 0 radical (unpaired) electrons. The number of carbonyl (C=O) groups is 1. The average molecular weight is 336 g/mol. The van der Waals surface area contributed by atoms with Gasteiger partial charge in [-0.15, -0.1) is 0 Å². The lowest BCUT2D eigenvalue weighted by atomic mass is 9.99. The van der Waals surface area contributed by atoms with E-state index in [1.807, 2.05) is 32.0 Å². The van der Waals surface area contributed by atoms with Gasteiger partial charge in [0.1, 0.15) is 0 Å². The molecule has 0 aliphatic rings. The maximum atomic E-state index is 12.4. The molecule has 0 saturated heterocycles. The Bertz CT molecular complexity index is 931. The number of aromatic amines is 1. The molecule has 0 unspecified atom stereocenters.